The maximum absolute atomic E-state index is 5.70. The highest BCUT2D eigenvalue weighted by molar-refractivity contribution is 5.20. The van der Waals surface area contributed by atoms with Crippen molar-refractivity contribution in [1.29, 1.82) is 0 Å². The molecular formula is C17H28O. The molecular weight excluding hydrogens is 220 g/mol. The first-order chi connectivity index (χ1) is 8.83. The Morgan fingerprint density at radius 3 is 2.39 bits per heavy atom. The van der Waals surface area contributed by atoms with Crippen LogP contribution in [0.25, 0.3) is 0 Å². The van der Waals surface area contributed by atoms with Crippen molar-refractivity contribution in [2.45, 2.75) is 58.8 Å². The minimum Gasteiger partial charge on any atom is -0.494 e. The van der Waals surface area contributed by atoms with Gasteiger partial charge < -0.3 is 4.74 Å². The van der Waals surface area contributed by atoms with Gasteiger partial charge in [-0.3, -0.25) is 0 Å². The molecule has 1 aromatic rings. The summed E-state index contributed by atoms with van der Waals surface area (Å²) in [6, 6.07) is 10.1. The van der Waals surface area contributed by atoms with Crippen LogP contribution in [0.4, 0.5) is 0 Å². The van der Waals surface area contributed by atoms with E-state index in [-0.39, 0.29) is 0 Å². The fourth-order valence-corrected chi connectivity index (χ4v) is 2.20. The van der Waals surface area contributed by atoms with Gasteiger partial charge in [0.1, 0.15) is 5.75 Å². The molecule has 0 aromatic heterocycles. The molecule has 1 atom stereocenters. The molecule has 0 saturated heterocycles. The van der Waals surface area contributed by atoms with E-state index in [1.54, 1.807) is 0 Å². The molecule has 0 spiro atoms. The lowest BCUT2D eigenvalue weighted by atomic mass is 9.98. The molecule has 1 heteroatoms. The van der Waals surface area contributed by atoms with Crippen LogP contribution >= 0.6 is 0 Å². The van der Waals surface area contributed by atoms with E-state index < -0.39 is 0 Å². The van der Waals surface area contributed by atoms with Crippen molar-refractivity contribution in [3.05, 3.63) is 30.3 Å². The third-order valence-corrected chi connectivity index (χ3v) is 3.40. The normalized spacial score (nSPS) is 12.3. The smallest absolute Gasteiger partial charge is 0.119 e. The first-order valence-corrected chi connectivity index (χ1v) is 7.50. The fraction of sp³-hybridized carbons (Fsp3) is 0.647. The molecule has 0 fully saturated rings. The van der Waals surface area contributed by atoms with Gasteiger partial charge in [-0.05, 0) is 30.9 Å². The summed E-state index contributed by atoms with van der Waals surface area (Å²) in [5.41, 5.74) is 0. The van der Waals surface area contributed by atoms with Crippen molar-refractivity contribution in [1.82, 2.24) is 0 Å². The van der Waals surface area contributed by atoms with Gasteiger partial charge in [0.05, 0.1) is 6.61 Å². The van der Waals surface area contributed by atoms with Gasteiger partial charge >= 0.3 is 0 Å². The van der Waals surface area contributed by atoms with Crippen LogP contribution in [0.1, 0.15) is 58.8 Å². The number of ether oxygens (including phenoxy) is 1. The van der Waals surface area contributed by atoms with E-state index >= 15 is 0 Å². The van der Waals surface area contributed by atoms with Gasteiger partial charge in [0.2, 0.25) is 0 Å². The van der Waals surface area contributed by atoms with E-state index in [2.05, 4.69) is 13.8 Å². The maximum Gasteiger partial charge on any atom is 0.119 e. The maximum atomic E-state index is 5.70. The summed E-state index contributed by atoms with van der Waals surface area (Å²) in [6.45, 7) is 5.49. The van der Waals surface area contributed by atoms with Crippen molar-refractivity contribution in [2.24, 2.45) is 5.92 Å². The van der Waals surface area contributed by atoms with E-state index in [1.165, 1.54) is 44.9 Å². The molecule has 102 valence electrons. The summed E-state index contributed by atoms with van der Waals surface area (Å²) in [7, 11) is 0. The highest BCUT2D eigenvalue weighted by atomic mass is 16.5. The zero-order chi connectivity index (χ0) is 13.1. The molecule has 0 bridgehead atoms. The Kier molecular flexibility index (Phi) is 8.37. The zero-order valence-electron chi connectivity index (χ0n) is 12.0. The Morgan fingerprint density at radius 2 is 1.67 bits per heavy atom. The molecule has 0 N–H and O–H groups in total. The van der Waals surface area contributed by atoms with Crippen LogP contribution in [0.2, 0.25) is 0 Å². The van der Waals surface area contributed by atoms with Crippen LogP contribution in [-0.2, 0) is 0 Å². The Morgan fingerprint density at radius 1 is 0.944 bits per heavy atom. The van der Waals surface area contributed by atoms with Gasteiger partial charge in [0.25, 0.3) is 0 Å². The first-order valence-electron chi connectivity index (χ1n) is 7.50. The highest BCUT2D eigenvalue weighted by Crippen LogP contribution is 2.16. The van der Waals surface area contributed by atoms with Crippen molar-refractivity contribution < 1.29 is 4.74 Å². The van der Waals surface area contributed by atoms with Crippen LogP contribution < -0.4 is 4.74 Å². The van der Waals surface area contributed by atoms with Gasteiger partial charge in [-0.1, -0.05) is 64.2 Å². The first kappa shape index (κ1) is 15.1. The van der Waals surface area contributed by atoms with Crippen LogP contribution in [0, 0.1) is 5.92 Å². The van der Waals surface area contributed by atoms with E-state index in [9.17, 15) is 0 Å². The molecule has 0 saturated carbocycles. The Hall–Kier alpha value is -0.980. The minimum absolute atomic E-state index is 0.848. The largest absolute Gasteiger partial charge is 0.494 e. The second-order valence-electron chi connectivity index (χ2n) is 5.26. The number of unbranched alkanes of at least 4 members (excludes halogenated alkanes) is 3. The minimum atomic E-state index is 0.848. The molecule has 1 rings (SSSR count). The van der Waals surface area contributed by atoms with Crippen LogP contribution in [-0.4, -0.2) is 6.61 Å². The Labute approximate surface area is 113 Å². The van der Waals surface area contributed by atoms with E-state index in [1.807, 2.05) is 30.3 Å². The van der Waals surface area contributed by atoms with Gasteiger partial charge in [-0.2, -0.15) is 0 Å². The second kappa shape index (κ2) is 9.99. The molecule has 0 radical (unpaired) electrons. The highest BCUT2D eigenvalue weighted by Gasteiger charge is 2.02. The van der Waals surface area contributed by atoms with E-state index in [0.29, 0.717) is 0 Å². The fourth-order valence-electron chi connectivity index (χ4n) is 2.20. The number of para-hydroxylation sites is 1. The van der Waals surface area contributed by atoms with Crippen molar-refractivity contribution >= 4 is 0 Å². The van der Waals surface area contributed by atoms with Crippen molar-refractivity contribution in [2.75, 3.05) is 6.61 Å². The third-order valence-electron chi connectivity index (χ3n) is 3.40. The number of hydrogen-bond donors (Lipinski definition) is 0. The average Bonchev–Trinajstić information content (AvgIpc) is 2.41. The zero-order valence-corrected chi connectivity index (χ0v) is 12.0. The Bertz CT molecular complexity index is 281. The number of hydrogen-bond acceptors (Lipinski definition) is 1. The predicted molar refractivity (Wildman–Crippen MR) is 79.1 cm³/mol. The summed E-state index contributed by atoms with van der Waals surface area (Å²) in [6.07, 6.45) is 9.37. The molecule has 1 unspecified atom stereocenters. The van der Waals surface area contributed by atoms with Gasteiger partial charge in [-0.15, -0.1) is 0 Å². The molecule has 0 aliphatic rings. The quantitative estimate of drug-likeness (QED) is 0.500. The molecule has 0 aliphatic heterocycles. The summed E-state index contributed by atoms with van der Waals surface area (Å²) in [5, 5.41) is 0. The topological polar surface area (TPSA) is 9.23 Å². The lowest BCUT2D eigenvalue weighted by molar-refractivity contribution is 0.291. The summed E-state index contributed by atoms with van der Waals surface area (Å²) in [4.78, 5) is 0. The Balaban J connectivity index is 1.97. The van der Waals surface area contributed by atoms with Crippen LogP contribution in [0.3, 0.4) is 0 Å². The van der Waals surface area contributed by atoms with Crippen molar-refractivity contribution in [3.63, 3.8) is 0 Å². The summed E-state index contributed by atoms with van der Waals surface area (Å²) < 4.78 is 5.70. The molecule has 18 heavy (non-hydrogen) atoms. The monoisotopic (exact) mass is 248 g/mol. The molecule has 1 nitrogen and oxygen atoms in total. The molecule has 0 amide bonds. The van der Waals surface area contributed by atoms with Crippen LogP contribution in [0.5, 0.6) is 5.75 Å². The standard InChI is InChI=1S/C17H28O/c1-3-4-5-7-11-16(2)12-10-15-18-17-13-8-6-9-14-17/h6,8-9,13-14,16H,3-5,7,10-12,15H2,1-2H3. The SMILES string of the molecule is CCCCCCC(C)CCCOc1ccccc1. The lowest BCUT2D eigenvalue weighted by Gasteiger charge is -2.11. The third kappa shape index (κ3) is 7.37. The summed E-state index contributed by atoms with van der Waals surface area (Å²) >= 11 is 0. The average molecular weight is 248 g/mol. The number of rotatable bonds is 10. The predicted octanol–water partition coefficient (Wildman–Crippen LogP) is 5.45. The van der Waals surface area contributed by atoms with E-state index in [4.69, 9.17) is 4.74 Å². The number of benzene rings is 1. The van der Waals surface area contributed by atoms with Crippen molar-refractivity contribution in [3.8, 4) is 5.75 Å². The molecule has 1 aromatic carbocycles. The molecule has 0 aliphatic carbocycles. The van der Waals surface area contributed by atoms with Gasteiger partial charge in [0, 0.05) is 0 Å². The van der Waals surface area contributed by atoms with E-state index in [0.717, 1.165) is 18.3 Å². The lowest BCUT2D eigenvalue weighted by Crippen LogP contribution is -2.01. The summed E-state index contributed by atoms with van der Waals surface area (Å²) in [5.74, 6) is 1.84. The van der Waals surface area contributed by atoms with Gasteiger partial charge in [-0.25, -0.2) is 0 Å². The van der Waals surface area contributed by atoms with Gasteiger partial charge in [0.15, 0.2) is 0 Å². The van der Waals surface area contributed by atoms with Crippen LogP contribution in [0.15, 0.2) is 30.3 Å². The second-order valence-corrected chi connectivity index (χ2v) is 5.26. The molecule has 0 heterocycles.